The molecule has 5 atom stereocenters. The van der Waals surface area contributed by atoms with Crippen molar-refractivity contribution in [2.45, 2.75) is 108 Å². The minimum Gasteiger partial charge on any atom is -0.391 e. The van der Waals surface area contributed by atoms with E-state index < -0.39 is 23.6 Å². The van der Waals surface area contributed by atoms with Gasteiger partial charge in [-0.3, -0.25) is 9.59 Å². The van der Waals surface area contributed by atoms with Crippen molar-refractivity contribution in [2.24, 2.45) is 5.41 Å². The second-order valence-electron chi connectivity index (χ2n) is 12.1. The number of aliphatic hydroxyl groups is 1. The number of fused-ring (bicyclic) bond motifs is 2. The minimum absolute atomic E-state index is 0.148. The van der Waals surface area contributed by atoms with Gasteiger partial charge in [-0.2, -0.15) is 0 Å². The van der Waals surface area contributed by atoms with Gasteiger partial charge >= 0.3 is 0 Å². The fourth-order valence-electron chi connectivity index (χ4n) is 6.07. The topological polar surface area (TPSA) is 110 Å². The summed E-state index contributed by atoms with van der Waals surface area (Å²) in [5.74, 6) is 0.0512. The molecule has 182 valence electrons. The predicted octanol–water partition coefficient (Wildman–Crippen LogP) is 1.92. The molecule has 2 saturated heterocycles. The average molecular weight is 460 g/mol. The van der Waals surface area contributed by atoms with Crippen molar-refractivity contribution in [3.8, 4) is 0 Å². The summed E-state index contributed by atoms with van der Waals surface area (Å²) >= 11 is 0. The van der Waals surface area contributed by atoms with Crippen LogP contribution in [-0.2, 0) is 14.3 Å². The summed E-state index contributed by atoms with van der Waals surface area (Å²) in [6.07, 6.45) is 7.30. The van der Waals surface area contributed by atoms with E-state index in [1.165, 1.54) is 0 Å². The summed E-state index contributed by atoms with van der Waals surface area (Å²) in [6.45, 7) is 8.74. The number of hydrogen-bond acceptors (Lipinski definition) is 6. The molecule has 4 aliphatic rings. The Morgan fingerprint density at radius 2 is 2.06 bits per heavy atom. The van der Waals surface area contributed by atoms with Crippen LogP contribution in [0.1, 0.15) is 90.3 Å². The molecule has 2 N–H and O–H groups in total. The molecule has 4 fully saturated rings. The standard InChI is InChI=1S/C24H37N5O4/c1-22(2,3)19(29-12-17(26-27-29)15-6-7-15)21(32)28-11-16(30)10-18(28)20(31)25-24-9-5-8-23(4,13-24)33-14-24/h12,15-16,18-19,30H,5-11,13-14H2,1-4H3,(H,25,31)/t16-,18+,19+,23?,24?/m1/s1. The van der Waals surface area contributed by atoms with Gasteiger partial charge in [0.2, 0.25) is 11.8 Å². The lowest BCUT2D eigenvalue weighted by molar-refractivity contribution is -0.144. The summed E-state index contributed by atoms with van der Waals surface area (Å²) in [6, 6.07) is -1.31. The second-order valence-corrected chi connectivity index (χ2v) is 12.1. The summed E-state index contributed by atoms with van der Waals surface area (Å²) in [4.78, 5) is 28.9. The number of nitrogens with zero attached hydrogens (tertiary/aromatic N) is 4. The first kappa shape index (κ1) is 22.8. The summed E-state index contributed by atoms with van der Waals surface area (Å²) in [7, 11) is 0. The van der Waals surface area contributed by atoms with Crippen LogP contribution in [0, 0.1) is 5.41 Å². The maximum Gasteiger partial charge on any atom is 0.248 e. The van der Waals surface area contributed by atoms with Crippen LogP contribution in [0.25, 0.3) is 0 Å². The Morgan fingerprint density at radius 3 is 2.76 bits per heavy atom. The van der Waals surface area contributed by atoms with Gasteiger partial charge in [-0.25, -0.2) is 4.68 Å². The number of likely N-dealkylation sites (tertiary alicyclic amines) is 1. The van der Waals surface area contributed by atoms with E-state index >= 15 is 0 Å². The Labute approximate surface area is 195 Å². The van der Waals surface area contributed by atoms with E-state index in [9.17, 15) is 14.7 Å². The molecule has 5 rings (SSSR count). The number of aromatic nitrogens is 3. The molecule has 1 aromatic heterocycles. The number of aliphatic hydroxyl groups excluding tert-OH is 1. The smallest absolute Gasteiger partial charge is 0.248 e. The average Bonchev–Trinajstić information content (AvgIpc) is 3.24. The Kier molecular flexibility index (Phi) is 5.36. The molecule has 1 aromatic rings. The van der Waals surface area contributed by atoms with Crippen molar-refractivity contribution >= 4 is 11.8 Å². The van der Waals surface area contributed by atoms with Gasteiger partial charge in [0, 0.05) is 31.5 Å². The summed E-state index contributed by atoms with van der Waals surface area (Å²) in [5.41, 5.74) is -0.0714. The number of carbonyl (C=O) groups excluding carboxylic acids is 2. The van der Waals surface area contributed by atoms with Crippen molar-refractivity contribution < 1.29 is 19.4 Å². The number of amides is 2. The van der Waals surface area contributed by atoms with Crippen LogP contribution in [-0.4, -0.2) is 73.3 Å². The SMILES string of the molecule is CC12CCCC(NC(=O)[C@@H]3C[C@@H](O)CN3C(=O)[C@H](n3cc(C4CC4)nn3)C(C)(C)C)(CO1)C2. The highest BCUT2D eigenvalue weighted by atomic mass is 16.5. The van der Waals surface area contributed by atoms with Gasteiger partial charge < -0.3 is 20.1 Å². The Balaban J connectivity index is 1.36. The van der Waals surface area contributed by atoms with Gasteiger partial charge in [0.1, 0.15) is 12.1 Å². The second kappa shape index (κ2) is 7.77. The van der Waals surface area contributed by atoms with Gasteiger partial charge in [-0.05, 0) is 44.4 Å². The van der Waals surface area contributed by atoms with Gasteiger partial charge in [-0.1, -0.05) is 26.0 Å². The molecule has 2 saturated carbocycles. The number of rotatable bonds is 5. The van der Waals surface area contributed by atoms with Crippen LogP contribution < -0.4 is 5.32 Å². The summed E-state index contributed by atoms with van der Waals surface area (Å²) in [5, 5.41) is 22.3. The lowest BCUT2D eigenvalue weighted by atomic mass is 9.77. The lowest BCUT2D eigenvalue weighted by Crippen LogP contribution is -2.57. The molecule has 0 aromatic carbocycles. The van der Waals surface area contributed by atoms with Crippen molar-refractivity contribution in [1.29, 1.82) is 0 Å². The highest BCUT2D eigenvalue weighted by Gasteiger charge is 2.52. The lowest BCUT2D eigenvalue weighted by Gasteiger charge is -2.38. The first-order chi connectivity index (χ1) is 15.5. The van der Waals surface area contributed by atoms with Gasteiger partial charge in [0.25, 0.3) is 0 Å². The zero-order chi connectivity index (χ0) is 23.6. The van der Waals surface area contributed by atoms with Crippen LogP contribution in [0.5, 0.6) is 0 Å². The van der Waals surface area contributed by atoms with Gasteiger partial charge in [0.05, 0.1) is 29.5 Å². The molecule has 2 bridgehead atoms. The van der Waals surface area contributed by atoms with Crippen molar-refractivity contribution in [3.63, 3.8) is 0 Å². The van der Waals surface area contributed by atoms with E-state index in [-0.39, 0.29) is 35.9 Å². The third-order valence-corrected chi connectivity index (χ3v) is 7.87. The molecule has 9 heteroatoms. The van der Waals surface area contributed by atoms with Crippen molar-refractivity contribution in [1.82, 2.24) is 25.2 Å². The monoisotopic (exact) mass is 459 g/mol. The van der Waals surface area contributed by atoms with E-state index in [1.807, 2.05) is 27.0 Å². The van der Waals surface area contributed by atoms with E-state index in [4.69, 9.17) is 4.74 Å². The van der Waals surface area contributed by atoms with Crippen molar-refractivity contribution in [2.75, 3.05) is 13.2 Å². The van der Waals surface area contributed by atoms with Crippen LogP contribution in [0.4, 0.5) is 0 Å². The maximum atomic E-state index is 13.9. The fraction of sp³-hybridized carbons (Fsp3) is 0.833. The first-order valence-corrected chi connectivity index (χ1v) is 12.3. The number of nitrogens with one attached hydrogen (secondary N) is 1. The van der Waals surface area contributed by atoms with Gasteiger partial charge in [-0.15, -0.1) is 5.10 Å². The molecule has 3 heterocycles. The number of ether oxygens (including phenoxy) is 1. The van der Waals surface area contributed by atoms with E-state index in [0.717, 1.165) is 44.2 Å². The molecule has 33 heavy (non-hydrogen) atoms. The zero-order valence-electron chi connectivity index (χ0n) is 20.2. The Morgan fingerprint density at radius 1 is 1.30 bits per heavy atom. The van der Waals surface area contributed by atoms with E-state index in [2.05, 4.69) is 22.6 Å². The Bertz CT molecular complexity index is 938. The van der Waals surface area contributed by atoms with Crippen LogP contribution >= 0.6 is 0 Å². The molecule has 2 unspecified atom stereocenters. The zero-order valence-corrected chi connectivity index (χ0v) is 20.2. The van der Waals surface area contributed by atoms with Crippen molar-refractivity contribution in [3.05, 3.63) is 11.9 Å². The first-order valence-electron chi connectivity index (χ1n) is 12.3. The van der Waals surface area contributed by atoms with Crippen LogP contribution in [0.15, 0.2) is 6.20 Å². The molecule has 2 amide bonds. The maximum absolute atomic E-state index is 13.9. The Hall–Kier alpha value is -2.00. The normalized spacial score (nSPS) is 35.0. The molecule has 2 aliphatic carbocycles. The molecule has 2 aliphatic heterocycles. The number of β-amino-alcohol motifs (C(OH)–C–C–N with tert-alkyl or cyclic N) is 1. The molecule has 9 nitrogen and oxygen atoms in total. The van der Waals surface area contributed by atoms with E-state index in [0.29, 0.717) is 12.5 Å². The number of carbonyl (C=O) groups is 2. The molecule has 0 spiro atoms. The highest BCUT2D eigenvalue weighted by Crippen LogP contribution is 2.44. The quantitative estimate of drug-likeness (QED) is 0.696. The molecule has 0 radical (unpaired) electrons. The number of hydrogen-bond donors (Lipinski definition) is 2. The third-order valence-electron chi connectivity index (χ3n) is 7.87. The fourth-order valence-corrected chi connectivity index (χ4v) is 6.07. The summed E-state index contributed by atoms with van der Waals surface area (Å²) < 4.78 is 7.69. The van der Waals surface area contributed by atoms with E-state index in [1.54, 1.807) is 9.58 Å². The molecular weight excluding hydrogens is 422 g/mol. The molecular formula is C24H37N5O4. The predicted molar refractivity (Wildman–Crippen MR) is 120 cm³/mol. The van der Waals surface area contributed by atoms with Gasteiger partial charge in [0.15, 0.2) is 0 Å². The third kappa shape index (κ3) is 4.30. The highest BCUT2D eigenvalue weighted by molar-refractivity contribution is 5.90. The largest absolute Gasteiger partial charge is 0.391 e. The minimum atomic E-state index is -0.725. The van der Waals surface area contributed by atoms with Crippen LogP contribution in [0.3, 0.4) is 0 Å². The van der Waals surface area contributed by atoms with Crippen LogP contribution in [0.2, 0.25) is 0 Å².